The summed E-state index contributed by atoms with van der Waals surface area (Å²) in [6.07, 6.45) is 3.91. The Morgan fingerprint density at radius 3 is 2.08 bits per heavy atom. The van der Waals surface area contributed by atoms with Crippen molar-refractivity contribution >= 4 is 19.5 Å². The monoisotopic (exact) mass is 214 g/mol. The van der Waals surface area contributed by atoms with Gasteiger partial charge in [-0.3, -0.25) is 0 Å². The lowest BCUT2D eigenvalue weighted by atomic mass is 10.2. The zero-order valence-corrected chi connectivity index (χ0v) is 9.91. The average molecular weight is 215 g/mol. The van der Waals surface area contributed by atoms with E-state index in [4.69, 9.17) is 11.6 Å². The Morgan fingerprint density at radius 2 is 1.62 bits per heavy atom. The minimum absolute atomic E-state index is 0.215. The smallest absolute Gasteiger partial charge is 0.0406 e. The summed E-state index contributed by atoms with van der Waals surface area (Å²) in [4.78, 5) is 0. The van der Waals surface area contributed by atoms with Crippen molar-refractivity contribution in [3.63, 3.8) is 0 Å². The summed E-state index contributed by atoms with van der Waals surface area (Å²) in [6, 6.07) is 8.25. The van der Waals surface area contributed by atoms with Crippen molar-refractivity contribution in [2.45, 2.75) is 20.0 Å². The minimum Gasteiger partial charge on any atom is -0.103 e. The van der Waals surface area contributed by atoms with Gasteiger partial charge in [0, 0.05) is 5.02 Å². The van der Waals surface area contributed by atoms with Gasteiger partial charge in [0.15, 0.2) is 0 Å². The van der Waals surface area contributed by atoms with Crippen LogP contribution in [0.25, 0.3) is 0 Å². The van der Waals surface area contributed by atoms with Gasteiger partial charge in [0.05, 0.1) is 0 Å². The van der Waals surface area contributed by atoms with Gasteiger partial charge in [-0.25, -0.2) is 0 Å². The maximum absolute atomic E-state index is 5.82. The molecule has 13 heavy (non-hydrogen) atoms. The topological polar surface area (TPSA) is 0 Å². The highest BCUT2D eigenvalue weighted by Gasteiger charge is 2.03. The van der Waals surface area contributed by atoms with Gasteiger partial charge in [0.1, 0.15) is 0 Å². The molecule has 0 nitrogen and oxygen atoms in total. The number of benzene rings is 1. The lowest BCUT2D eigenvalue weighted by Crippen LogP contribution is -1.88. The Labute approximate surface area is 87.1 Å². The molecule has 2 heteroatoms. The first-order valence-electron chi connectivity index (χ1n) is 4.73. The molecule has 0 bridgehead atoms. The Bertz CT molecular complexity index is 239. The van der Waals surface area contributed by atoms with Crippen molar-refractivity contribution < 1.29 is 0 Å². The van der Waals surface area contributed by atoms with E-state index in [2.05, 4.69) is 26.0 Å². The Morgan fingerprint density at radius 1 is 1.08 bits per heavy atom. The van der Waals surface area contributed by atoms with Crippen LogP contribution in [0.2, 0.25) is 5.02 Å². The van der Waals surface area contributed by atoms with Gasteiger partial charge in [-0.2, -0.15) is 0 Å². The predicted octanol–water partition coefficient (Wildman–Crippen LogP) is 4.36. The van der Waals surface area contributed by atoms with Crippen LogP contribution in [-0.2, 0) is 6.16 Å². The number of halogens is 1. The van der Waals surface area contributed by atoms with Gasteiger partial charge >= 0.3 is 0 Å². The second-order valence-electron chi connectivity index (χ2n) is 3.09. The van der Waals surface area contributed by atoms with E-state index < -0.39 is 0 Å². The standard InChI is InChI=1S/C11H16ClP/c1-3-13(4-2)9-10-5-7-11(12)8-6-10/h5-8H,3-4,9H2,1-2H3. The zero-order valence-electron chi connectivity index (χ0n) is 8.26. The van der Waals surface area contributed by atoms with Crippen molar-refractivity contribution in [2.75, 3.05) is 12.3 Å². The van der Waals surface area contributed by atoms with E-state index in [0.29, 0.717) is 0 Å². The fourth-order valence-electron chi connectivity index (χ4n) is 1.30. The molecule has 0 fully saturated rings. The van der Waals surface area contributed by atoms with Gasteiger partial charge in [-0.15, -0.1) is 7.92 Å². The molecule has 1 aromatic rings. The molecule has 0 heterocycles. The van der Waals surface area contributed by atoms with Crippen LogP contribution < -0.4 is 0 Å². The molecule has 1 aromatic carbocycles. The Balaban J connectivity index is 2.58. The van der Waals surface area contributed by atoms with Crippen molar-refractivity contribution in [2.24, 2.45) is 0 Å². The SMILES string of the molecule is CCP(CC)Cc1ccc(Cl)cc1. The number of hydrogen-bond acceptors (Lipinski definition) is 0. The van der Waals surface area contributed by atoms with Crippen LogP contribution in [0.4, 0.5) is 0 Å². The van der Waals surface area contributed by atoms with Crippen molar-refractivity contribution in [1.29, 1.82) is 0 Å². The summed E-state index contributed by atoms with van der Waals surface area (Å²) in [7, 11) is 0.215. The molecule has 0 saturated heterocycles. The molecule has 0 radical (unpaired) electrons. The third-order valence-electron chi connectivity index (χ3n) is 2.21. The summed E-state index contributed by atoms with van der Waals surface area (Å²) in [5, 5.41) is 0.834. The van der Waals surface area contributed by atoms with Crippen LogP contribution in [0.5, 0.6) is 0 Å². The van der Waals surface area contributed by atoms with Crippen LogP contribution in [0.15, 0.2) is 24.3 Å². The Kier molecular flexibility index (Phi) is 4.77. The van der Waals surface area contributed by atoms with Gasteiger partial charge in [-0.05, 0) is 36.2 Å². The molecule has 0 aliphatic carbocycles. The van der Waals surface area contributed by atoms with Crippen molar-refractivity contribution in [3.05, 3.63) is 34.9 Å². The molecule has 0 atom stereocenters. The Hall–Kier alpha value is -0.0600. The van der Waals surface area contributed by atoms with Crippen LogP contribution in [0.3, 0.4) is 0 Å². The zero-order chi connectivity index (χ0) is 9.68. The average Bonchev–Trinajstić information content (AvgIpc) is 2.17. The summed E-state index contributed by atoms with van der Waals surface area (Å²) in [5.74, 6) is 0. The molecule has 1 rings (SSSR count). The first-order chi connectivity index (χ1) is 6.26. The van der Waals surface area contributed by atoms with Crippen LogP contribution in [0, 0.1) is 0 Å². The molecule has 0 spiro atoms. The maximum Gasteiger partial charge on any atom is 0.0406 e. The highest BCUT2D eigenvalue weighted by Crippen LogP contribution is 2.38. The first-order valence-corrected chi connectivity index (χ1v) is 7.00. The molecule has 0 N–H and O–H groups in total. The van der Waals surface area contributed by atoms with Gasteiger partial charge in [-0.1, -0.05) is 37.6 Å². The molecule has 0 aromatic heterocycles. The largest absolute Gasteiger partial charge is 0.103 e. The second kappa shape index (κ2) is 5.62. The number of rotatable bonds is 4. The molecular weight excluding hydrogens is 199 g/mol. The lowest BCUT2D eigenvalue weighted by Gasteiger charge is -2.12. The first kappa shape index (κ1) is 11.0. The molecule has 0 amide bonds. The molecule has 0 aliphatic heterocycles. The highest BCUT2D eigenvalue weighted by molar-refractivity contribution is 7.56. The van der Waals surface area contributed by atoms with E-state index in [1.165, 1.54) is 24.0 Å². The van der Waals surface area contributed by atoms with Gasteiger partial charge in [0.2, 0.25) is 0 Å². The third-order valence-corrected chi connectivity index (χ3v) is 5.07. The molecular formula is C11H16ClP. The molecule has 72 valence electrons. The van der Waals surface area contributed by atoms with Gasteiger partial charge in [0.25, 0.3) is 0 Å². The molecule has 0 saturated carbocycles. The third kappa shape index (κ3) is 3.67. The van der Waals surface area contributed by atoms with Crippen LogP contribution in [0.1, 0.15) is 19.4 Å². The fourth-order valence-corrected chi connectivity index (χ4v) is 3.04. The van der Waals surface area contributed by atoms with Gasteiger partial charge < -0.3 is 0 Å². The van der Waals surface area contributed by atoms with E-state index in [1.54, 1.807) is 0 Å². The van der Waals surface area contributed by atoms with E-state index in [9.17, 15) is 0 Å². The van der Waals surface area contributed by atoms with Crippen LogP contribution >= 0.6 is 19.5 Å². The number of hydrogen-bond donors (Lipinski definition) is 0. The molecule has 0 aliphatic rings. The summed E-state index contributed by atoms with van der Waals surface area (Å²) in [5.41, 5.74) is 1.43. The second-order valence-corrected chi connectivity index (χ2v) is 6.45. The van der Waals surface area contributed by atoms with E-state index in [0.717, 1.165) is 5.02 Å². The normalized spacial score (nSPS) is 10.8. The predicted molar refractivity (Wildman–Crippen MR) is 63.2 cm³/mol. The van der Waals surface area contributed by atoms with Crippen molar-refractivity contribution in [1.82, 2.24) is 0 Å². The van der Waals surface area contributed by atoms with E-state index in [1.807, 2.05) is 12.1 Å². The van der Waals surface area contributed by atoms with Crippen molar-refractivity contribution in [3.8, 4) is 0 Å². The van der Waals surface area contributed by atoms with E-state index in [-0.39, 0.29) is 7.92 Å². The summed E-state index contributed by atoms with van der Waals surface area (Å²) in [6.45, 7) is 4.57. The highest BCUT2D eigenvalue weighted by atomic mass is 35.5. The summed E-state index contributed by atoms with van der Waals surface area (Å²) >= 11 is 5.82. The quantitative estimate of drug-likeness (QED) is 0.654. The summed E-state index contributed by atoms with van der Waals surface area (Å²) < 4.78 is 0. The fraction of sp³-hybridized carbons (Fsp3) is 0.455. The minimum atomic E-state index is 0.215. The molecule has 0 unspecified atom stereocenters. The maximum atomic E-state index is 5.82. The lowest BCUT2D eigenvalue weighted by molar-refractivity contribution is 1.31. The van der Waals surface area contributed by atoms with Crippen LogP contribution in [-0.4, -0.2) is 12.3 Å². The van der Waals surface area contributed by atoms with E-state index >= 15 is 0 Å².